The average Bonchev–Trinajstić information content (AvgIpc) is 3.61. The second-order valence-electron chi connectivity index (χ2n) is 11.6. The molecule has 0 amide bonds. The zero-order valence-corrected chi connectivity index (χ0v) is 26.0. The van der Waals surface area contributed by atoms with Gasteiger partial charge in [-0.15, -0.1) is 0 Å². The lowest BCUT2D eigenvalue weighted by Crippen LogP contribution is -2.44. The lowest BCUT2D eigenvalue weighted by molar-refractivity contribution is -0.172. The van der Waals surface area contributed by atoms with E-state index in [-0.39, 0.29) is 61.3 Å². The second-order valence-corrected chi connectivity index (χ2v) is 11.6. The standard InChI is InChI=1S/C23H23N3O5.C8H11N5O3/c1-4-23(30)16-8-18-20-12(9-26(18)21(28)15(16)11-31-22(23)29)7-13-14(10-25(2)3)19(27)6-5-17(13)24-20;9-8-11-6-5(7(15)12-8)10-3-13(6)4-16-2-1-14/h5-8,27,30H,4,9-11H2,1-3H3;3,14H,1-2,4H2,(H3,9,11,12,15)/t23-;/m0./s1. The number of nitrogens with zero attached hydrogens (tertiary/aromatic N) is 6. The predicted octanol–water partition coefficient (Wildman–Crippen LogP) is 0.515. The van der Waals surface area contributed by atoms with E-state index in [4.69, 9.17) is 25.3 Å². The number of hydrogen-bond donors (Lipinski definition) is 5. The highest BCUT2D eigenvalue weighted by molar-refractivity contribution is 5.89. The number of fused-ring (bicyclic) bond motifs is 6. The molecule has 0 saturated heterocycles. The van der Waals surface area contributed by atoms with Crippen molar-refractivity contribution in [2.45, 2.75) is 45.4 Å². The summed E-state index contributed by atoms with van der Waals surface area (Å²) in [6.45, 7) is 2.71. The van der Waals surface area contributed by atoms with Gasteiger partial charge in [0.25, 0.3) is 11.1 Å². The van der Waals surface area contributed by atoms with Crippen molar-refractivity contribution in [1.82, 2.24) is 34.0 Å². The van der Waals surface area contributed by atoms with E-state index in [1.807, 2.05) is 25.1 Å². The average molecular weight is 647 g/mol. The highest BCUT2D eigenvalue weighted by atomic mass is 16.6. The van der Waals surface area contributed by atoms with E-state index in [0.29, 0.717) is 46.8 Å². The number of imidazole rings is 1. The van der Waals surface area contributed by atoms with Crippen LogP contribution in [0.5, 0.6) is 5.75 Å². The van der Waals surface area contributed by atoms with Crippen LogP contribution in [0.15, 0.2) is 40.2 Å². The summed E-state index contributed by atoms with van der Waals surface area (Å²) in [4.78, 5) is 53.9. The Kier molecular flexibility index (Phi) is 8.27. The summed E-state index contributed by atoms with van der Waals surface area (Å²) in [7, 11) is 3.86. The van der Waals surface area contributed by atoms with E-state index in [9.17, 15) is 24.6 Å². The molecule has 1 aromatic carbocycles. The summed E-state index contributed by atoms with van der Waals surface area (Å²) >= 11 is 0. The lowest BCUT2D eigenvalue weighted by atomic mass is 9.86. The number of ether oxygens (including phenoxy) is 2. The van der Waals surface area contributed by atoms with Crippen LogP contribution in [0.1, 0.15) is 35.6 Å². The minimum Gasteiger partial charge on any atom is -0.508 e. The minimum absolute atomic E-state index is 0.0291. The first-order valence-electron chi connectivity index (χ1n) is 14.8. The number of aliphatic hydroxyl groups excluding tert-OH is 1. The van der Waals surface area contributed by atoms with Crippen LogP contribution in [0.4, 0.5) is 5.95 Å². The second kappa shape index (κ2) is 12.2. The number of nitrogen functional groups attached to an aromatic ring is 1. The van der Waals surface area contributed by atoms with Crippen molar-refractivity contribution in [2.24, 2.45) is 0 Å². The number of aromatic amines is 1. The van der Waals surface area contributed by atoms with E-state index in [2.05, 4.69) is 15.0 Å². The Morgan fingerprint density at radius 1 is 1.19 bits per heavy atom. The van der Waals surface area contributed by atoms with Crippen molar-refractivity contribution in [3.8, 4) is 17.1 Å². The van der Waals surface area contributed by atoms with Gasteiger partial charge >= 0.3 is 5.97 Å². The van der Waals surface area contributed by atoms with Crippen molar-refractivity contribution >= 4 is 34.0 Å². The SMILES string of the molecule is CC[C@@]1(O)C(=O)OCc2c1cc1n(c2=O)Cc2cc3c(CN(C)C)c(O)ccc3nc2-1.Nc1nc2c(ncn2COCCO)c(=O)[nH]1. The molecule has 2 aliphatic heterocycles. The molecule has 47 heavy (non-hydrogen) atoms. The van der Waals surface area contributed by atoms with E-state index in [1.54, 1.807) is 29.7 Å². The molecule has 0 spiro atoms. The Morgan fingerprint density at radius 2 is 1.98 bits per heavy atom. The van der Waals surface area contributed by atoms with E-state index in [0.717, 1.165) is 16.5 Å². The highest BCUT2D eigenvalue weighted by Crippen LogP contribution is 2.39. The number of phenolic OH excluding ortho intramolecular Hbond substituents is 1. The van der Waals surface area contributed by atoms with Gasteiger partial charge in [-0.1, -0.05) is 6.92 Å². The number of carbonyl (C=O) groups excluding carboxylic acids is 1. The van der Waals surface area contributed by atoms with Crippen LogP contribution in [-0.2, 0) is 46.3 Å². The number of esters is 1. The van der Waals surface area contributed by atoms with Gasteiger partial charge < -0.3 is 40.0 Å². The molecule has 16 heteroatoms. The number of carbonyl (C=O) groups is 1. The van der Waals surface area contributed by atoms with E-state index >= 15 is 0 Å². The number of hydrogen-bond acceptors (Lipinski definition) is 13. The molecule has 0 unspecified atom stereocenters. The van der Waals surface area contributed by atoms with Crippen LogP contribution in [0, 0.1) is 0 Å². The summed E-state index contributed by atoms with van der Waals surface area (Å²) < 4.78 is 13.3. The molecule has 6 N–H and O–H groups in total. The third-order valence-electron chi connectivity index (χ3n) is 8.21. The third-order valence-corrected chi connectivity index (χ3v) is 8.21. The molecule has 0 aliphatic carbocycles. The molecule has 2 aliphatic rings. The summed E-state index contributed by atoms with van der Waals surface area (Å²) in [5, 5.41) is 30.7. The Hall–Kier alpha value is -5.16. The van der Waals surface area contributed by atoms with Crippen LogP contribution in [0.2, 0.25) is 0 Å². The fourth-order valence-electron chi connectivity index (χ4n) is 5.87. The highest BCUT2D eigenvalue weighted by Gasteiger charge is 2.45. The molecular formula is C31H34N8O8. The van der Waals surface area contributed by atoms with Crippen molar-refractivity contribution in [3.63, 3.8) is 0 Å². The van der Waals surface area contributed by atoms with Crippen molar-refractivity contribution < 1.29 is 29.6 Å². The smallest absolute Gasteiger partial charge is 0.343 e. The van der Waals surface area contributed by atoms with Gasteiger partial charge in [-0.25, -0.2) is 14.8 Å². The zero-order chi connectivity index (χ0) is 33.6. The first kappa shape index (κ1) is 31.8. The first-order valence-corrected chi connectivity index (χ1v) is 14.8. The number of aromatic hydroxyl groups is 1. The topological polar surface area (TPSA) is 224 Å². The number of aromatic nitrogens is 6. The molecule has 16 nitrogen and oxygen atoms in total. The molecule has 1 atom stereocenters. The minimum atomic E-state index is -1.84. The molecule has 246 valence electrons. The van der Waals surface area contributed by atoms with Gasteiger partial charge in [-0.3, -0.25) is 19.1 Å². The maximum atomic E-state index is 13.2. The van der Waals surface area contributed by atoms with Crippen LogP contribution >= 0.6 is 0 Å². The normalized spacial score (nSPS) is 16.5. The van der Waals surface area contributed by atoms with Crippen LogP contribution < -0.4 is 16.9 Å². The number of cyclic esters (lactones) is 1. The fraction of sp³-hybridized carbons (Fsp3) is 0.355. The molecule has 5 aromatic rings. The Balaban J connectivity index is 0.000000203. The number of aliphatic hydroxyl groups is 2. The Bertz CT molecular complexity index is 2150. The number of rotatable bonds is 7. The molecule has 6 heterocycles. The van der Waals surface area contributed by atoms with E-state index in [1.165, 1.54) is 10.9 Å². The lowest BCUT2D eigenvalue weighted by Gasteiger charge is -2.31. The number of nitrogens with two attached hydrogens (primary N) is 1. The van der Waals surface area contributed by atoms with Gasteiger partial charge in [-0.2, -0.15) is 4.98 Å². The van der Waals surface area contributed by atoms with Crippen molar-refractivity contribution in [3.05, 3.63) is 73.6 Å². The number of benzene rings is 1. The molecule has 4 aromatic heterocycles. The molecule has 7 rings (SSSR count). The predicted molar refractivity (Wildman–Crippen MR) is 169 cm³/mol. The Morgan fingerprint density at radius 3 is 2.70 bits per heavy atom. The number of H-pyrrole nitrogens is 1. The third kappa shape index (κ3) is 5.50. The molecule has 0 bridgehead atoms. The monoisotopic (exact) mass is 646 g/mol. The van der Waals surface area contributed by atoms with Gasteiger partial charge in [0.1, 0.15) is 19.1 Å². The maximum absolute atomic E-state index is 13.2. The van der Waals surface area contributed by atoms with Gasteiger partial charge in [0.05, 0.1) is 48.6 Å². The number of phenols is 1. The van der Waals surface area contributed by atoms with Crippen molar-refractivity contribution in [2.75, 3.05) is 33.0 Å². The van der Waals surface area contributed by atoms with Gasteiger partial charge in [0.2, 0.25) is 5.95 Å². The largest absolute Gasteiger partial charge is 0.508 e. The summed E-state index contributed by atoms with van der Waals surface area (Å²) in [6.07, 6.45) is 1.54. The zero-order valence-electron chi connectivity index (χ0n) is 26.0. The fourth-order valence-corrected chi connectivity index (χ4v) is 5.87. The molecule has 0 radical (unpaired) electrons. The van der Waals surface area contributed by atoms with Gasteiger partial charge in [-0.05, 0) is 44.8 Å². The summed E-state index contributed by atoms with van der Waals surface area (Å²) in [6, 6.07) is 7.05. The van der Waals surface area contributed by atoms with Crippen LogP contribution in [0.25, 0.3) is 33.5 Å². The van der Waals surface area contributed by atoms with Crippen LogP contribution in [0.3, 0.4) is 0 Å². The maximum Gasteiger partial charge on any atom is 0.343 e. The number of pyridine rings is 2. The number of anilines is 1. The molecule has 0 saturated carbocycles. The summed E-state index contributed by atoms with van der Waals surface area (Å²) in [5.74, 6) is -0.503. The van der Waals surface area contributed by atoms with Gasteiger partial charge in [0, 0.05) is 28.6 Å². The molecule has 0 fully saturated rings. The quantitative estimate of drug-likeness (QED) is 0.118. The number of nitrogens with one attached hydrogen (secondary N) is 1. The molecular weight excluding hydrogens is 612 g/mol. The Labute approximate surface area is 266 Å². The van der Waals surface area contributed by atoms with Crippen LogP contribution in [-0.4, -0.2) is 82.6 Å². The summed E-state index contributed by atoms with van der Waals surface area (Å²) in [5.41, 5.74) is 7.63. The van der Waals surface area contributed by atoms with Gasteiger partial charge in [0.15, 0.2) is 16.8 Å². The van der Waals surface area contributed by atoms with E-state index < -0.39 is 11.6 Å². The first-order chi connectivity index (χ1) is 22.5. The van der Waals surface area contributed by atoms with Crippen molar-refractivity contribution in [1.29, 1.82) is 0 Å².